The number of carbonyl (C=O) groups excluding carboxylic acids is 1. The lowest BCUT2D eigenvalue weighted by Crippen LogP contribution is -2.32. The summed E-state index contributed by atoms with van der Waals surface area (Å²) in [6.45, 7) is 4.89. The summed E-state index contributed by atoms with van der Waals surface area (Å²) in [6, 6.07) is 18.6. The third-order valence-corrected chi connectivity index (χ3v) is 2.43. The first kappa shape index (κ1) is 16.6. The molecule has 0 aliphatic carbocycles. The zero-order valence-corrected chi connectivity index (χ0v) is 12.5. The number of hydrogen-bond acceptors (Lipinski definition) is 2. The van der Waals surface area contributed by atoms with E-state index in [0.717, 1.165) is 11.4 Å². The van der Waals surface area contributed by atoms with Crippen LogP contribution in [0.5, 0.6) is 5.75 Å². The van der Waals surface area contributed by atoms with Crippen molar-refractivity contribution >= 4 is 11.7 Å². The Kier molecular flexibility index (Phi) is 8.14. The van der Waals surface area contributed by atoms with E-state index in [1.165, 1.54) is 0 Å². The van der Waals surface area contributed by atoms with Crippen LogP contribution >= 0.6 is 0 Å². The second-order valence-corrected chi connectivity index (χ2v) is 3.91. The lowest BCUT2D eigenvalue weighted by molar-refractivity contribution is 0.247. The molecule has 2 amide bonds. The molecule has 4 nitrogen and oxygen atoms in total. The maximum absolute atomic E-state index is 11.5. The Bertz CT molecular complexity index is 501. The third kappa shape index (κ3) is 7.01. The summed E-state index contributed by atoms with van der Waals surface area (Å²) in [5.74, 6) is 0.799. The lowest BCUT2D eigenvalue weighted by atomic mass is 10.3. The first-order valence-electron chi connectivity index (χ1n) is 7.12. The van der Waals surface area contributed by atoms with Crippen LogP contribution in [0, 0.1) is 0 Å². The molecule has 0 spiro atoms. The largest absolute Gasteiger partial charge is 0.492 e. The molecular weight excluding hydrogens is 264 g/mol. The van der Waals surface area contributed by atoms with Gasteiger partial charge in [-0.05, 0) is 24.3 Å². The number of ether oxygens (including phenoxy) is 1. The van der Waals surface area contributed by atoms with Gasteiger partial charge < -0.3 is 15.4 Å². The fourth-order valence-electron chi connectivity index (χ4n) is 1.55. The highest BCUT2D eigenvalue weighted by molar-refractivity contribution is 5.89. The molecule has 2 aromatic carbocycles. The Morgan fingerprint density at radius 2 is 1.52 bits per heavy atom. The van der Waals surface area contributed by atoms with Crippen LogP contribution in [0.2, 0.25) is 0 Å². The van der Waals surface area contributed by atoms with E-state index in [1.807, 2.05) is 74.5 Å². The van der Waals surface area contributed by atoms with E-state index in [4.69, 9.17) is 4.74 Å². The monoisotopic (exact) mass is 286 g/mol. The highest BCUT2D eigenvalue weighted by Crippen LogP contribution is 2.07. The molecule has 2 N–H and O–H groups in total. The molecule has 21 heavy (non-hydrogen) atoms. The summed E-state index contributed by atoms with van der Waals surface area (Å²) in [5.41, 5.74) is 0.768. The number of anilines is 1. The van der Waals surface area contributed by atoms with Gasteiger partial charge in [0.1, 0.15) is 12.4 Å². The van der Waals surface area contributed by atoms with Gasteiger partial charge in [-0.15, -0.1) is 0 Å². The Morgan fingerprint density at radius 1 is 0.952 bits per heavy atom. The summed E-state index contributed by atoms with van der Waals surface area (Å²) in [5, 5.41) is 5.46. The van der Waals surface area contributed by atoms with Crippen molar-refractivity contribution in [2.24, 2.45) is 0 Å². The van der Waals surface area contributed by atoms with Crippen LogP contribution in [0.4, 0.5) is 10.5 Å². The predicted octanol–water partition coefficient (Wildman–Crippen LogP) is 3.91. The van der Waals surface area contributed by atoms with E-state index in [1.54, 1.807) is 0 Å². The summed E-state index contributed by atoms with van der Waals surface area (Å²) >= 11 is 0. The van der Waals surface area contributed by atoms with Gasteiger partial charge in [0.15, 0.2) is 0 Å². The smallest absolute Gasteiger partial charge is 0.319 e. The molecule has 112 valence electrons. The lowest BCUT2D eigenvalue weighted by Gasteiger charge is -2.08. The van der Waals surface area contributed by atoms with Gasteiger partial charge in [-0.1, -0.05) is 50.2 Å². The quantitative estimate of drug-likeness (QED) is 0.819. The fraction of sp³-hybridized carbons (Fsp3) is 0.235. The van der Waals surface area contributed by atoms with Gasteiger partial charge in [0, 0.05) is 5.69 Å². The highest BCUT2D eigenvalue weighted by atomic mass is 16.5. The molecule has 0 unspecified atom stereocenters. The van der Waals surface area contributed by atoms with E-state index >= 15 is 0 Å². The van der Waals surface area contributed by atoms with Crippen molar-refractivity contribution in [2.75, 3.05) is 18.5 Å². The number of para-hydroxylation sites is 2. The molecule has 4 heteroatoms. The molecule has 0 aliphatic heterocycles. The number of benzene rings is 2. The maximum Gasteiger partial charge on any atom is 0.319 e. The summed E-state index contributed by atoms with van der Waals surface area (Å²) in [7, 11) is 0. The van der Waals surface area contributed by atoms with Gasteiger partial charge in [-0.2, -0.15) is 0 Å². The Balaban J connectivity index is 0.00000106. The minimum Gasteiger partial charge on any atom is -0.492 e. The minimum absolute atomic E-state index is 0.233. The average Bonchev–Trinajstić information content (AvgIpc) is 2.55. The SMILES string of the molecule is CC.O=C(NCCOc1ccccc1)Nc1ccccc1. The third-order valence-electron chi connectivity index (χ3n) is 2.43. The van der Waals surface area contributed by atoms with Crippen molar-refractivity contribution < 1.29 is 9.53 Å². The van der Waals surface area contributed by atoms with Crippen LogP contribution in [-0.2, 0) is 0 Å². The zero-order chi connectivity index (χ0) is 15.3. The normalized spacial score (nSPS) is 9.05. The van der Waals surface area contributed by atoms with Gasteiger partial charge in [-0.3, -0.25) is 0 Å². The summed E-state index contributed by atoms with van der Waals surface area (Å²) in [4.78, 5) is 11.5. The number of rotatable bonds is 5. The van der Waals surface area contributed by atoms with Gasteiger partial charge in [-0.25, -0.2) is 4.79 Å². The van der Waals surface area contributed by atoms with Crippen molar-refractivity contribution in [3.05, 3.63) is 60.7 Å². The molecule has 0 atom stereocenters. The van der Waals surface area contributed by atoms with Gasteiger partial charge in [0.25, 0.3) is 0 Å². The van der Waals surface area contributed by atoms with Crippen LogP contribution in [-0.4, -0.2) is 19.2 Å². The standard InChI is InChI=1S/C15H16N2O2.C2H6/c18-15(17-13-7-3-1-4-8-13)16-11-12-19-14-9-5-2-6-10-14;1-2/h1-10H,11-12H2,(H2,16,17,18);1-2H3. The fourth-order valence-corrected chi connectivity index (χ4v) is 1.55. The van der Waals surface area contributed by atoms with Crippen LogP contribution in [0.15, 0.2) is 60.7 Å². The van der Waals surface area contributed by atoms with E-state index in [2.05, 4.69) is 10.6 Å². The Hall–Kier alpha value is -2.49. The van der Waals surface area contributed by atoms with Crippen molar-refractivity contribution in [1.82, 2.24) is 5.32 Å². The number of hydrogen-bond donors (Lipinski definition) is 2. The van der Waals surface area contributed by atoms with Crippen LogP contribution in [0.25, 0.3) is 0 Å². The Labute approximate surface area is 126 Å². The molecule has 0 saturated heterocycles. The molecule has 2 rings (SSSR count). The zero-order valence-electron chi connectivity index (χ0n) is 12.5. The minimum atomic E-state index is -0.233. The van der Waals surface area contributed by atoms with Crippen LogP contribution < -0.4 is 15.4 Å². The van der Waals surface area contributed by atoms with Gasteiger partial charge in [0.2, 0.25) is 0 Å². The summed E-state index contributed by atoms with van der Waals surface area (Å²) < 4.78 is 5.46. The second-order valence-electron chi connectivity index (χ2n) is 3.91. The molecule has 0 aromatic heterocycles. The Morgan fingerprint density at radius 3 is 2.14 bits per heavy atom. The van der Waals surface area contributed by atoms with Crippen molar-refractivity contribution in [3.63, 3.8) is 0 Å². The molecule has 0 fully saturated rings. The van der Waals surface area contributed by atoms with E-state index in [-0.39, 0.29) is 6.03 Å². The van der Waals surface area contributed by atoms with Gasteiger partial charge in [0.05, 0.1) is 6.54 Å². The highest BCUT2D eigenvalue weighted by Gasteiger charge is 2.00. The number of nitrogens with one attached hydrogen (secondary N) is 2. The first-order valence-corrected chi connectivity index (χ1v) is 7.12. The van der Waals surface area contributed by atoms with Crippen LogP contribution in [0.1, 0.15) is 13.8 Å². The molecular formula is C17H22N2O2. The van der Waals surface area contributed by atoms with E-state index in [0.29, 0.717) is 13.2 Å². The topological polar surface area (TPSA) is 50.4 Å². The second kappa shape index (κ2) is 10.3. The molecule has 0 aliphatic rings. The number of urea groups is 1. The van der Waals surface area contributed by atoms with Crippen LogP contribution in [0.3, 0.4) is 0 Å². The van der Waals surface area contributed by atoms with Gasteiger partial charge >= 0.3 is 6.03 Å². The van der Waals surface area contributed by atoms with Crippen molar-refractivity contribution in [2.45, 2.75) is 13.8 Å². The molecule has 0 radical (unpaired) electrons. The summed E-state index contributed by atoms with van der Waals surface area (Å²) in [6.07, 6.45) is 0. The maximum atomic E-state index is 11.5. The van der Waals surface area contributed by atoms with E-state index in [9.17, 15) is 4.79 Å². The molecule has 0 bridgehead atoms. The number of carbonyl (C=O) groups is 1. The average molecular weight is 286 g/mol. The number of amides is 2. The molecule has 2 aromatic rings. The molecule has 0 saturated carbocycles. The predicted molar refractivity (Wildman–Crippen MR) is 86.7 cm³/mol. The molecule has 0 heterocycles. The first-order chi connectivity index (χ1) is 10.3. The van der Waals surface area contributed by atoms with E-state index < -0.39 is 0 Å². The van der Waals surface area contributed by atoms with Crippen molar-refractivity contribution in [3.8, 4) is 5.75 Å². The van der Waals surface area contributed by atoms with Crippen molar-refractivity contribution in [1.29, 1.82) is 0 Å².